The summed E-state index contributed by atoms with van der Waals surface area (Å²) in [6.45, 7) is 1.78. The molecule has 0 heterocycles. The first-order chi connectivity index (χ1) is 8.54. The maximum atomic E-state index is 12.0. The highest BCUT2D eigenvalue weighted by Gasteiger charge is 2.44. The minimum atomic E-state index is -0.786. The van der Waals surface area contributed by atoms with Crippen molar-refractivity contribution in [3.8, 4) is 6.07 Å². The van der Waals surface area contributed by atoms with E-state index in [0.717, 1.165) is 24.1 Å². The van der Waals surface area contributed by atoms with Crippen molar-refractivity contribution < 1.29 is 4.79 Å². The van der Waals surface area contributed by atoms with Crippen LogP contribution in [0.1, 0.15) is 25.3 Å². The van der Waals surface area contributed by atoms with Gasteiger partial charge in [0, 0.05) is 5.69 Å². The van der Waals surface area contributed by atoms with Crippen LogP contribution in [-0.2, 0) is 11.2 Å². The van der Waals surface area contributed by atoms with E-state index in [4.69, 9.17) is 11.0 Å². The lowest BCUT2D eigenvalue weighted by molar-refractivity contribution is -0.121. The Hall–Kier alpha value is -1.86. The first kappa shape index (κ1) is 12.6. The maximum absolute atomic E-state index is 12.0. The molecule has 0 aromatic heterocycles. The molecule has 0 spiro atoms. The Morgan fingerprint density at radius 2 is 2.11 bits per heavy atom. The minimum Gasteiger partial charge on any atom is -0.324 e. The van der Waals surface area contributed by atoms with Crippen LogP contribution in [-0.4, -0.2) is 11.4 Å². The fourth-order valence-electron chi connectivity index (χ4n) is 1.93. The zero-order chi connectivity index (χ0) is 13.2. The number of nitrogens with zero attached hydrogens (tertiary/aromatic N) is 1. The van der Waals surface area contributed by atoms with Crippen molar-refractivity contribution in [1.82, 2.24) is 0 Å². The smallest absolute Gasteiger partial charge is 0.244 e. The van der Waals surface area contributed by atoms with Crippen molar-refractivity contribution in [2.45, 2.75) is 31.7 Å². The first-order valence-corrected chi connectivity index (χ1v) is 6.10. The third-order valence-electron chi connectivity index (χ3n) is 3.41. The second kappa shape index (κ2) is 4.79. The van der Waals surface area contributed by atoms with E-state index < -0.39 is 5.54 Å². The van der Waals surface area contributed by atoms with Crippen LogP contribution >= 0.6 is 0 Å². The topological polar surface area (TPSA) is 78.9 Å². The van der Waals surface area contributed by atoms with Crippen LogP contribution in [0.15, 0.2) is 24.3 Å². The lowest BCUT2D eigenvalue weighted by Crippen LogP contribution is -2.50. The van der Waals surface area contributed by atoms with E-state index in [1.807, 2.05) is 12.1 Å². The Balaban J connectivity index is 2.01. The fourth-order valence-corrected chi connectivity index (χ4v) is 1.93. The van der Waals surface area contributed by atoms with Gasteiger partial charge in [-0.1, -0.05) is 12.1 Å². The molecule has 4 heteroatoms. The molecule has 94 valence electrons. The summed E-state index contributed by atoms with van der Waals surface area (Å²) in [4.78, 5) is 12.0. The number of nitriles is 1. The van der Waals surface area contributed by atoms with Crippen LogP contribution in [0.3, 0.4) is 0 Å². The Bertz CT molecular complexity index is 481. The number of benzene rings is 1. The monoisotopic (exact) mass is 243 g/mol. The van der Waals surface area contributed by atoms with E-state index in [0.29, 0.717) is 12.3 Å². The Kier molecular flexibility index (Phi) is 3.35. The molecule has 1 aliphatic rings. The molecule has 1 fully saturated rings. The summed E-state index contributed by atoms with van der Waals surface area (Å²) in [5.74, 6) is 0.161. The molecule has 0 bridgehead atoms. The molecular formula is C14H17N3O. The molecule has 1 aliphatic carbocycles. The van der Waals surface area contributed by atoms with Crippen molar-refractivity contribution in [3.63, 3.8) is 0 Å². The third-order valence-corrected chi connectivity index (χ3v) is 3.41. The molecule has 0 radical (unpaired) electrons. The normalized spacial score (nSPS) is 17.6. The SMILES string of the molecule is CC(N)(C(=O)Nc1ccc(CC#N)cc1)C1CC1. The molecule has 0 aliphatic heterocycles. The molecule has 2 rings (SSSR count). The second-order valence-electron chi connectivity index (χ2n) is 5.04. The lowest BCUT2D eigenvalue weighted by atomic mass is 9.96. The van der Waals surface area contributed by atoms with E-state index in [2.05, 4.69) is 11.4 Å². The third kappa shape index (κ3) is 2.69. The van der Waals surface area contributed by atoms with E-state index in [-0.39, 0.29) is 5.91 Å². The van der Waals surface area contributed by atoms with Gasteiger partial charge in [0.05, 0.1) is 18.0 Å². The zero-order valence-corrected chi connectivity index (χ0v) is 10.4. The summed E-state index contributed by atoms with van der Waals surface area (Å²) in [5, 5.41) is 11.4. The van der Waals surface area contributed by atoms with Crippen LogP contribution in [0.5, 0.6) is 0 Å². The summed E-state index contributed by atoms with van der Waals surface area (Å²) in [5.41, 5.74) is 6.91. The van der Waals surface area contributed by atoms with Crippen molar-refractivity contribution in [2.24, 2.45) is 11.7 Å². The molecule has 1 unspecified atom stereocenters. The second-order valence-corrected chi connectivity index (χ2v) is 5.04. The molecule has 18 heavy (non-hydrogen) atoms. The van der Waals surface area contributed by atoms with E-state index in [9.17, 15) is 4.79 Å². The van der Waals surface area contributed by atoms with Crippen LogP contribution in [0.25, 0.3) is 0 Å². The Labute approximate surface area is 107 Å². The summed E-state index contributed by atoms with van der Waals surface area (Å²) >= 11 is 0. The molecule has 1 aromatic rings. The molecule has 1 atom stereocenters. The number of nitrogens with one attached hydrogen (secondary N) is 1. The van der Waals surface area contributed by atoms with Crippen molar-refractivity contribution >= 4 is 11.6 Å². The van der Waals surface area contributed by atoms with E-state index in [1.165, 1.54) is 0 Å². The largest absolute Gasteiger partial charge is 0.324 e. The average molecular weight is 243 g/mol. The first-order valence-electron chi connectivity index (χ1n) is 6.10. The number of rotatable bonds is 4. The Morgan fingerprint density at radius 3 is 2.61 bits per heavy atom. The van der Waals surface area contributed by atoms with Crippen LogP contribution < -0.4 is 11.1 Å². The number of hydrogen-bond acceptors (Lipinski definition) is 3. The molecule has 1 aromatic carbocycles. The van der Waals surface area contributed by atoms with Gasteiger partial charge >= 0.3 is 0 Å². The summed E-state index contributed by atoms with van der Waals surface area (Å²) in [6.07, 6.45) is 2.44. The standard InChI is InChI=1S/C14H17N3O/c1-14(16,11-4-5-11)13(18)17-12-6-2-10(3-7-12)8-9-15/h2-3,6-7,11H,4-5,8,16H2,1H3,(H,17,18). The summed E-state index contributed by atoms with van der Waals surface area (Å²) in [7, 11) is 0. The van der Waals surface area contributed by atoms with Gasteiger partial charge in [0.25, 0.3) is 0 Å². The number of carbonyl (C=O) groups is 1. The molecular weight excluding hydrogens is 226 g/mol. The predicted octanol–water partition coefficient (Wildman–Crippen LogP) is 1.82. The van der Waals surface area contributed by atoms with Crippen molar-refractivity contribution in [3.05, 3.63) is 29.8 Å². The van der Waals surface area contributed by atoms with Gasteiger partial charge in [0.15, 0.2) is 0 Å². The fraction of sp³-hybridized carbons (Fsp3) is 0.429. The zero-order valence-electron chi connectivity index (χ0n) is 10.4. The van der Waals surface area contributed by atoms with Crippen LogP contribution in [0.4, 0.5) is 5.69 Å². The summed E-state index contributed by atoms with van der Waals surface area (Å²) in [6, 6.07) is 9.36. The Morgan fingerprint density at radius 1 is 1.50 bits per heavy atom. The van der Waals surface area contributed by atoms with Crippen molar-refractivity contribution in [2.75, 3.05) is 5.32 Å². The highest BCUT2D eigenvalue weighted by atomic mass is 16.2. The molecule has 4 nitrogen and oxygen atoms in total. The van der Waals surface area contributed by atoms with E-state index in [1.54, 1.807) is 19.1 Å². The van der Waals surface area contributed by atoms with Crippen LogP contribution in [0.2, 0.25) is 0 Å². The number of hydrogen-bond donors (Lipinski definition) is 2. The highest BCUT2D eigenvalue weighted by Crippen LogP contribution is 2.38. The van der Waals surface area contributed by atoms with Gasteiger partial charge in [0.2, 0.25) is 5.91 Å². The van der Waals surface area contributed by atoms with Gasteiger partial charge in [-0.25, -0.2) is 0 Å². The average Bonchev–Trinajstić information content (AvgIpc) is 3.16. The van der Waals surface area contributed by atoms with Crippen molar-refractivity contribution in [1.29, 1.82) is 5.26 Å². The molecule has 0 saturated heterocycles. The van der Waals surface area contributed by atoms with E-state index >= 15 is 0 Å². The van der Waals surface area contributed by atoms with Gasteiger partial charge in [0.1, 0.15) is 0 Å². The van der Waals surface area contributed by atoms with Crippen LogP contribution in [0, 0.1) is 17.2 Å². The summed E-state index contributed by atoms with van der Waals surface area (Å²) < 4.78 is 0. The number of anilines is 1. The predicted molar refractivity (Wildman–Crippen MR) is 69.7 cm³/mol. The highest BCUT2D eigenvalue weighted by molar-refractivity contribution is 5.98. The van der Waals surface area contributed by atoms with Gasteiger partial charge in [-0.15, -0.1) is 0 Å². The lowest BCUT2D eigenvalue weighted by Gasteiger charge is -2.23. The quantitative estimate of drug-likeness (QED) is 0.846. The van der Waals surface area contributed by atoms with Gasteiger partial charge in [-0.05, 0) is 43.4 Å². The number of nitrogens with two attached hydrogens (primary N) is 1. The number of amides is 1. The van der Waals surface area contributed by atoms with Gasteiger partial charge in [-0.3, -0.25) is 4.79 Å². The maximum Gasteiger partial charge on any atom is 0.244 e. The van der Waals surface area contributed by atoms with Gasteiger partial charge < -0.3 is 11.1 Å². The molecule has 1 amide bonds. The number of carbonyl (C=O) groups excluding carboxylic acids is 1. The molecule has 1 saturated carbocycles. The van der Waals surface area contributed by atoms with Gasteiger partial charge in [-0.2, -0.15) is 5.26 Å². The molecule has 3 N–H and O–H groups in total. The minimum absolute atomic E-state index is 0.141.